The maximum atomic E-state index is 10.6. The molecule has 3 heteroatoms. The van der Waals surface area contributed by atoms with Gasteiger partial charge in [0.15, 0.2) is 0 Å². The molecule has 0 radical (unpaired) electrons. The number of carboxylic acids is 1. The highest BCUT2D eigenvalue weighted by Gasteiger charge is 2.24. The maximum Gasteiger partial charge on any atom is 0.304 e. The molecule has 0 saturated heterocycles. The first-order chi connectivity index (χ1) is 6.88. The van der Waals surface area contributed by atoms with E-state index in [1.54, 1.807) is 0 Å². The third kappa shape index (κ3) is 5.78. The summed E-state index contributed by atoms with van der Waals surface area (Å²) in [6.07, 6.45) is 2.29. The number of carbonyl (C=O) groups is 1. The molecule has 0 spiro atoms. The molecule has 3 atom stereocenters. The Kier molecular flexibility index (Phi) is 6.57. The zero-order valence-electron chi connectivity index (χ0n) is 10.4. The van der Waals surface area contributed by atoms with E-state index in [0.29, 0.717) is 11.8 Å². The minimum Gasteiger partial charge on any atom is -0.481 e. The monoisotopic (exact) mass is 215 g/mol. The Hall–Kier alpha value is -0.570. The average molecular weight is 215 g/mol. The average Bonchev–Trinajstić information content (AvgIpc) is 2.11. The SMILES string of the molecule is CCC(CC(C)C)C(C)C(N)CC(=O)O. The van der Waals surface area contributed by atoms with Crippen LogP contribution in [0.3, 0.4) is 0 Å². The first kappa shape index (κ1) is 14.4. The van der Waals surface area contributed by atoms with Crippen LogP contribution in [0.1, 0.15) is 47.0 Å². The molecule has 0 aliphatic heterocycles. The number of rotatable bonds is 7. The van der Waals surface area contributed by atoms with Crippen molar-refractivity contribution in [1.29, 1.82) is 0 Å². The fourth-order valence-corrected chi connectivity index (χ4v) is 2.10. The van der Waals surface area contributed by atoms with Crippen LogP contribution in [0.5, 0.6) is 0 Å². The van der Waals surface area contributed by atoms with Crippen LogP contribution in [-0.2, 0) is 4.79 Å². The van der Waals surface area contributed by atoms with Gasteiger partial charge in [0.05, 0.1) is 6.42 Å². The summed E-state index contributed by atoms with van der Waals surface area (Å²) in [6, 6.07) is -0.216. The van der Waals surface area contributed by atoms with E-state index >= 15 is 0 Å². The molecule has 0 aromatic heterocycles. The highest BCUT2D eigenvalue weighted by atomic mass is 16.4. The van der Waals surface area contributed by atoms with Crippen LogP contribution in [0.2, 0.25) is 0 Å². The smallest absolute Gasteiger partial charge is 0.304 e. The van der Waals surface area contributed by atoms with Gasteiger partial charge in [0.1, 0.15) is 0 Å². The Bertz CT molecular complexity index is 192. The molecule has 0 fully saturated rings. The Morgan fingerprint density at radius 3 is 2.20 bits per heavy atom. The van der Waals surface area contributed by atoms with Gasteiger partial charge >= 0.3 is 5.97 Å². The van der Waals surface area contributed by atoms with Gasteiger partial charge in [-0.3, -0.25) is 4.79 Å². The van der Waals surface area contributed by atoms with E-state index in [1.165, 1.54) is 0 Å². The van der Waals surface area contributed by atoms with Crippen LogP contribution in [0, 0.1) is 17.8 Å². The summed E-state index contributed by atoms with van der Waals surface area (Å²) in [5.74, 6) is 0.677. The molecule has 0 aliphatic carbocycles. The molecule has 0 amide bonds. The van der Waals surface area contributed by atoms with E-state index in [4.69, 9.17) is 10.8 Å². The van der Waals surface area contributed by atoms with Gasteiger partial charge in [-0.05, 0) is 24.2 Å². The van der Waals surface area contributed by atoms with Gasteiger partial charge in [-0.1, -0.05) is 34.1 Å². The number of aliphatic carboxylic acids is 1. The van der Waals surface area contributed by atoms with Crippen molar-refractivity contribution in [3.63, 3.8) is 0 Å². The Balaban J connectivity index is 4.23. The predicted molar refractivity (Wildman–Crippen MR) is 62.6 cm³/mol. The number of hydrogen-bond donors (Lipinski definition) is 2. The summed E-state index contributed by atoms with van der Waals surface area (Å²) in [7, 11) is 0. The van der Waals surface area contributed by atoms with Crippen molar-refractivity contribution in [2.45, 2.75) is 53.0 Å². The normalized spacial score (nSPS) is 17.5. The van der Waals surface area contributed by atoms with E-state index in [2.05, 4.69) is 27.7 Å². The molecule has 3 nitrogen and oxygen atoms in total. The third-order valence-electron chi connectivity index (χ3n) is 3.13. The minimum absolute atomic E-state index is 0.0791. The molecule has 0 saturated carbocycles. The van der Waals surface area contributed by atoms with Gasteiger partial charge in [0, 0.05) is 6.04 Å². The van der Waals surface area contributed by atoms with Gasteiger partial charge in [0.25, 0.3) is 0 Å². The van der Waals surface area contributed by atoms with E-state index in [9.17, 15) is 4.79 Å². The summed E-state index contributed by atoms with van der Waals surface area (Å²) in [6.45, 7) is 8.61. The molecule has 15 heavy (non-hydrogen) atoms. The van der Waals surface area contributed by atoms with Crippen LogP contribution < -0.4 is 5.73 Å². The lowest BCUT2D eigenvalue weighted by Gasteiger charge is -2.28. The number of hydrogen-bond acceptors (Lipinski definition) is 2. The molecule has 3 unspecified atom stereocenters. The molecule has 0 aromatic rings. The number of nitrogens with two attached hydrogens (primary N) is 1. The van der Waals surface area contributed by atoms with Gasteiger partial charge < -0.3 is 10.8 Å². The predicted octanol–water partition coefficient (Wildman–Crippen LogP) is 2.50. The lowest BCUT2D eigenvalue weighted by molar-refractivity contribution is -0.137. The first-order valence-electron chi connectivity index (χ1n) is 5.85. The Labute approximate surface area is 93.0 Å². The van der Waals surface area contributed by atoms with E-state index < -0.39 is 5.97 Å². The molecule has 0 aliphatic rings. The molecule has 90 valence electrons. The largest absolute Gasteiger partial charge is 0.481 e. The molecular weight excluding hydrogens is 190 g/mol. The lowest BCUT2D eigenvalue weighted by Crippen LogP contribution is -2.35. The van der Waals surface area contributed by atoms with Crippen LogP contribution in [0.15, 0.2) is 0 Å². The summed E-state index contributed by atoms with van der Waals surface area (Å²) >= 11 is 0. The topological polar surface area (TPSA) is 63.3 Å². The van der Waals surface area contributed by atoms with Gasteiger partial charge in [0.2, 0.25) is 0 Å². The second-order valence-electron chi connectivity index (χ2n) is 4.92. The molecule has 0 rings (SSSR count). The fourth-order valence-electron chi connectivity index (χ4n) is 2.10. The second-order valence-corrected chi connectivity index (χ2v) is 4.92. The first-order valence-corrected chi connectivity index (χ1v) is 5.85. The Morgan fingerprint density at radius 1 is 1.33 bits per heavy atom. The standard InChI is InChI=1S/C12H25NO2/c1-5-10(6-8(2)3)9(4)11(13)7-12(14)15/h8-11H,5-7,13H2,1-4H3,(H,14,15). The van der Waals surface area contributed by atoms with Crippen molar-refractivity contribution < 1.29 is 9.90 Å². The molecule has 0 bridgehead atoms. The summed E-state index contributed by atoms with van der Waals surface area (Å²) in [5.41, 5.74) is 5.89. The van der Waals surface area contributed by atoms with Crippen molar-refractivity contribution in [2.75, 3.05) is 0 Å². The highest BCUT2D eigenvalue weighted by Crippen LogP contribution is 2.26. The molecular formula is C12H25NO2. The van der Waals surface area contributed by atoms with E-state index in [0.717, 1.165) is 12.8 Å². The zero-order chi connectivity index (χ0) is 12.0. The quantitative estimate of drug-likeness (QED) is 0.686. The molecule has 0 heterocycles. The van der Waals surface area contributed by atoms with Crippen molar-refractivity contribution in [1.82, 2.24) is 0 Å². The molecule has 0 aromatic carbocycles. The van der Waals surface area contributed by atoms with Crippen LogP contribution in [0.25, 0.3) is 0 Å². The summed E-state index contributed by atoms with van der Waals surface area (Å²) in [4.78, 5) is 10.6. The lowest BCUT2D eigenvalue weighted by atomic mass is 9.80. The van der Waals surface area contributed by atoms with Crippen molar-refractivity contribution in [3.8, 4) is 0 Å². The van der Waals surface area contributed by atoms with Crippen LogP contribution >= 0.6 is 0 Å². The Morgan fingerprint density at radius 2 is 1.87 bits per heavy atom. The molecule has 3 N–H and O–H groups in total. The zero-order valence-corrected chi connectivity index (χ0v) is 10.4. The summed E-state index contributed by atoms with van der Waals surface area (Å²) < 4.78 is 0. The van der Waals surface area contributed by atoms with E-state index in [-0.39, 0.29) is 18.4 Å². The van der Waals surface area contributed by atoms with Gasteiger partial charge in [-0.25, -0.2) is 0 Å². The van der Waals surface area contributed by atoms with Gasteiger partial charge in [-0.15, -0.1) is 0 Å². The summed E-state index contributed by atoms with van der Waals surface area (Å²) in [5, 5.41) is 8.69. The van der Waals surface area contributed by atoms with Gasteiger partial charge in [-0.2, -0.15) is 0 Å². The fraction of sp³-hybridized carbons (Fsp3) is 0.917. The third-order valence-corrected chi connectivity index (χ3v) is 3.13. The number of carboxylic acid groups (broad SMARTS) is 1. The van der Waals surface area contributed by atoms with Crippen molar-refractivity contribution in [3.05, 3.63) is 0 Å². The maximum absolute atomic E-state index is 10.6. The van der Waals surface area contributed by atoms with Crippen molar-refractivity contribution in [2.24, 2.45) is 23.5 Å². The van der Waals surface area contributed by atoms with E-state index in [1.807, 2.05) is 0 Å². The highest BCUT2D eigenvalue weighted by molar-refractivity contribution is 5.67. The van der Waals surface area contributed by atoms with Crippen molar-refractivity contribution >= 4 is 5.97 Å². The minimum atomic E-state index is -0.797. The van der Waals surface area contributed by atoms with Crippen LogP contribution in [-0.4, -0.2) is 17.1 Å². The van der Waals surface area contributed by atoms with Crippen LogP contribution in [0.4, 0.5) is 0 Å². The second kappa shape index (κ2) is 6.83.